The van der Waals surface area contributed by atoms with Crippen LogP contribution in [0.5, 0.6) is 11.5 Å². The SMILES string of the molecule is FC(F)(F)C1CCCC(Nc2ccc3c(c2)OCO3)C1. The van der Waals surface area contributed by atoms with Gasteiger partial charge in [0.05, 0.1) is 5.92 Å². The van der Waals surface area contributed by atoms with Crippen LogP contribution in [0.3, 0.4) is 0 Å². The zero-order chi connectivity index (χ0) is 14.2. The molecule has 3 nitrogen and oxygen atoms in total. The molecule has 1 aromatic rings. The number of hydrogen-bond acceptors (Lipinski definition) is 3. The van der Waals surface area contributed by atoms with Crippen LogP contribution in [0.2, 0.25) is 0 Å². The molecule has 1 fully saturated rings. The van der Waals surface area contributed by atoms with Crippen molar-refractivity contribution < 1.29 is 22.6 Å². The summed E-state index contributed by atoms with van der Waals surface area (Å²) in [5, 5.41) is 3.18. The van der Waals surface area contributed by atoms with E-state index in [4.69, 9.17) is 9.47 Å². The molecule has 0 saturated heterocycles. The number of fused-ring (bicyclic) bond motifs is 1. The van der Waals surface area contributed by atoms with Crippen molar-refractivity contribution in [2.24, 2.45) is 5.92 Å². The number of rotatable bonds is 2. The highest BCUT2D eigenvalue weighted by atomic mass is 19.4. The standard InChI is InChI=1S/C14H16F3NO2/c15-14(16,17)9-2-1-3-10(6-9)18-11-4-5-12-13(7-11)20-8-19-12/h4-5,7,9-10,18H,1-3,6,8H2. The number of ether oxygens (including phenoxy) is 2. The van der Waals surface area contributed by atoms with E-state index in [2.05, 4.69) is 5.32 Å². The molecule has 3 rings (SSSR count). The Morgan fingerprint density at radius 2 is 1.90 bits per heavy atom. The third-order valence-electron chi connectivity index (χ3n) is 3.88. The van der Waals surface area contributed by atoms with E-state index in [1.54, 1.807) is 12.1 Å². The van der Waals surface area contributed by atoms with Crippen LogP contribution in [-0.2, 0) is 0 Å². The van der Waals surface area contributed by atoms with Crippen LogP contribution in [0, 0.1) is 5.92 Å². The van der Waals surface area contributed by atoms with Gasteiger partial charge in [0.1, 0.15) is 0 Å². The summed E-state index contributed by atoms with van der Waals surface area (Å²) in [5.74, 6) is 0.119. The van der Waals surface area contributed by atoms with Gasteiger partial charge in [0, 0.05) is 17.8 Å². The Hall–Kier alpha value is -1.59. The first-order chi connectivity index (χ1) is 9.52. The summed E-state index contributed by atoms with van der Waals surface area (Å²) in [5.41, 5.74) is 0.780. The molecule has 0 spiro atoms. The van der Waals surface area contributed by atoms with E-state index in [1.807, 2.05) is 6.07 Å². The summed E-state index contributed by atoms with van der Waals surface area (Å²) in [6, 6.07) is 5.22. The van der Waals surface area contributed by atoms with Gasteiger partial charge in [0.2, 0.25) is 6.79 Å². The van der Waals surface area contributed by atoms with Crippen molar-refractivity contribution >= 4 is 5.69 Å². The highest BCUT2D eigenvalue weighted by molar-refractivity contribution is 5.56. The second kappa shape index (κ2) is 5.07. The predicted octanol–water partition coefficient (Wildman–Crippen LogP) is 3.95. The largest absolute Gasteiger partial charge is 0.454 e. The summed E-state index contributed by atoms with van der Waals surface area (Å²) < 4.78 is 48.8. The fourth-order valence-corrected chi connectivity index (χ4v) is 2.84. The normalized spacial score (nSPS) is 25.6. The quantitative estimate of drug-likeness (QED) is 0.893. The number of hydrogen-bond donors (Lipinski definition) is 1. The Morgan fingerprint density at radius 3 is 2.70 bits per heavy atom. The van der Waals surface area contributed by atoms with E-state index in [1.165, 1.54) is 0 Å². The van der Waals surface area contributed by atoms with Crippen LogP contribution >= 0.6 is 0 Å². The Bertz CT molecular complexity index is 490. The minimum atomic E-state index is -4.09. The average Bonchev–Trinajstić information content (AvgIpc) is 2.85. The minimum absolute atomic E-state index is 0.137. The highest BCUT2D eigenvalue weighted by Crippen LogP contribution is 2.39. The third-order valence-corrected chi connectivity index (χ3v) is 3.88. The van der Waals surface area contributed by atoms with Gasteiger partial charge in [-0.25, -0.2) is 0 Å². The Balaban J connectivity index is 1.65. The van der Waals surface area contributed by atoms with Crippen molar-refractivity contribution in [3.8, 4) is 11.5 Å². The minimum Gasteiger partial charge on any atom is -0.454 e. The predicted molar refractivity (Wildman–Crippen MR) is 68.0 cm³/mol. The van der Waals surface area contributed by atoms with Gasteiger partial charge in [-0.3, -0.25) is 0 Å². The van der Waals surface area contributed by atoms with E-state index < -0.39 is 12.1 Å². The van der Waals surface area contributed by atoms with Gasteiger partial charge in [0.15, 0.2) is 11.5 Å². The van der Waals surface area contributed by atoms with Crippen LogP contribution in [0.15, 0.2) is 18.2 Å². The van der Waals surface area contributed by atoms with Crippen LogP contribution < -0.4 is 14.8 Å². The van der Waals surface area contributed by atoms with E-state index in [9.17, 15) is 13.2 Å². The zero-order valence-electron chi connectivity index (χ0n) is 10.9. The Labute approximate surface area is 115 Å². The molecule has 1 heterocycles. The second-order valence-corrected chi connectivity index (χ2v) is 5.31. The summed E-state index contributed by atoms with van der Waals surface area (Å²) in [7, 11) is 0. The number of anilines is 1. The molecule has 6 heteroatoms. The Morgan fingerprint density at radius 1 is 1.10 bits per heavy atom. The fraction of sp³-hybridized carbons (Fsp3) is 0.571. The lowest BCUT2D eigenvalue weighted by atomic mass is 9.85. The first-order valence-corrected chi connectivity index (χ1v) is 6.75. The molecule has 0 radical (unpaired) electrons. The highest BCUT2D eigenvalue weighted by Gasteiger charge is 2.42. The second-order valence-electron chi connectivity index (χ2n) is 5.31. The number of alkyl halides is 3. The Kier molecular flexibility index (Phi) is 3.40. The molecule has 20 heavy (non-hydrogen) atoms. The van der Waals surface area contributed by atoms with E-state index >= 15 is 0 Å². The summed E-state index contributed by atoms with van der Waals surface area (Å²) in [6.45, 7) is 0.193. The average molecular weight is 287 g/mol. The van der Waals surface area contributed by atoms with Crippen molar-refractivity contribution in [2.45, 2.75) is 37.9 Å². The number of nitrogens with one attached hydrogen (secondary N) is 1. The molecular weight excluding hydrogens is 271 g/mol. The lowest BCUT2D eigenvalue weighted by molar-refractivity contribution is -0.182. The first kappa shape index (κ1) is 13.4. The first-order valence-electron chi connectivity index (χ1n) is 6.75. The maximum Gasteiger partial charge on any atom is 0.391 e. The molecule has 1 aliphatic heterocycles. The molecule has 1 aromatic carbocycles. The van der Waals surface area contributed by atoms with Crippen LogP contribution in [0.4, 0.5) is 18.9 Å². The molecule has 1 aliphatic carbocycles. The van der Waals surface area contributed by atoms with Gasteiger partial charge in [-0.2, -0.15) is 13.2 Å². The summed E-state index contributed by atoms with van der Waals surface area (Å²) in [6.07, 6.45) is -2.34. The lowest BCUT2D eigenvalue weighted by Gasteiger charge is -2.31. The zero-order valence-corrected chi connectivity index (χ0v) is 10.9. The van der Waals surface area contributed by atoms with Gasteiger partial charge in [-0.1, -0.05) is 6.42 Å². The maximum absolute atomic E-state index is 12.8. The molecule has 0 bridgehead atoms. The lowest BCUT2D eigenvalue weighted by Crippen LogP contribution is -2.34. The van der Waals surface area contributed by atoms with Crippen molar-refractivity contribution in [3.05, 3.63) is 18.2 Å². The molecule has 0 amide bonds. The van der Waals surface area contributed by atoms with E-state index in [0.717, 1.165) is 12.1 Å². The van der Waals surface area contributed by atoms with Crippen LogP contribution in [0.1, 0.15) is 25.7 Å². The van der Waals surface area contributed by atoms with Gasteiger partial charge in [0.25, 0.3) is 0 Å². The van der Waals surface area contributed by atoms with Gasteiger partial charge in [-0.05, 0) is 31.4 Å². The molecule has 1 saturated carbocycles. The summed E-state index contributed by atoms with van der Waals surface area (Å²) >= 11 is 0. The van der Waals surface area contributed by atoms with Crippen molar-refractivity contribution in [2.75, 3.05) is 12.1 Å². The number of benzene rings is 1. The van der Waals surface area contributed by atoms with Crippen molar-refractivity contribution in [1.29, 1.82) is 0 Å². The molecule has 2 atom stereocenters. The maximum atomic E-state index is 12.8. The van der Waals surface area contributed by atoms with Crippen molar-refractivity contribution in [3.63, 3.8) is 0 Å². The van der Waals surface area contributed by atoms with Crippen molar-refractivity contribution in [1.82, 2.24) is 0 Å². The van der Waals surface area contributed by atoms with Gasteiger partial charge >= 0.3 is 6.18 Å². The summed E-state index contributed by atoms with van der Waals surface area (Å²) in [4.78, 5) is 0. The smallest absolute Gasteiger partial charge is 0.391 e. The molecule has 110 valence electrons. The van der Waals surface area contributed by atoms with Gasteiger partial charge in [-0.15, -0.1) is 0 Å². The van der Waals surface area contributed by atoms with Crippen LogP contribution in [0.25, 0.3) is 0 Å². The molecule has 1 N–H and O–H groups in total. The topological polar surface area (TPSA) is 30.5 Å². The van der Waals surface area contributed by atoms with E-state index in [-0.39, 0.29) is 25.7 Å². The van der Waals surface area contributed by atoms with Crippen LogP contribution in [-0.4, -0.2) is 19.0 Å². The van der Waals surface area contributed by atoms with Gasteiger partial charge < -0.3 is 14.8 Å². The molecular formula is C14H16F3NO2. The monoisotopic (exact) mass is 287 g/mol. The number of halogens is 3. The van der Waals surface area contributed by atoms with E-state index in [0.29, 0.717) is 17.9 Å². The molecule has 2 aliphatic rings. The third kappa shape index (κ3) is 2.78. The fourth-order valence-electron chi connectivity index (χ4n) is 2.84. The molecule has 2 unspecified atom stereocenters. The molecule has 0 aromatic heterocycles.